The molecule has 1 aliphatic heterocycles. The molecule has 2 aromatic rings. The molecule has 1 aliphatic rings. The summed E-state index contributed by atoms with van der Waals surface area (Å²) in [7, 11) is 0. The van der Waals surface area contributed by atoms with E-state index in [1.807, 2.05) is 6.92 Å². The number of anilines is 2. The molecule has 2 amide bonds. The van der Waals surface area contributed by atoms with Crippen molar-refractivity contribution in [2.45, 2.75) is 26.3 Å². The highest BCUT2D eigenvalue weighted by Crippen LogP contribution is 2.24. The molecular weight excluding hydrogens is 343 g/mol. The van der Waals surface area contributed by atoms with Crippen molar-refractivity contribution in [1.82, 2.24) is 10.3 Å². The van der Waals surface area contributed by atoms with E-state index in [0.29, 0.717) is 27.9 Å². The Balaban J connectivity index is 1.67. The third kappa shape index (κ3) is 3.79. The third-order valence-electron chi connectivity index (χ3n) is 3.93. The predicted octanol–water partition coefficient (Wildman–Crippen LogP) is 2.56. The molecule has 1 aromatic heterocycles. The van der Waals surface area contributed by atoms with Crippen LogP contribution in [0.4, 0.5) is 15.2 Å². The zero-order valence-electron chi connectivity index (χ0n) is 14.0. The molecule has 3 rings (SSSR count). The van der Waals surface area contributed by atoms with Crippen molar-refractivity contribution < 1.29 is 14.0 Å². The van der Waals surface area contributed by atoms with Gasteiger partial charge in [0.15, 0.2) is 5.13 Å². The van der Waals surface area contributed by atoms with Gasteiger partial charge in [0.25, 0.3) is 5.91 Å². The Bertz CT molecular complexity index is 790. The Labute approximate surface area is 149 Å². The maximum absolute atomic E-state index is 13.0. The number of benzene rings is 1. The molecule has 2 N–H and O–H groups in total. The van der Waals surface area contributed by atoms with Crippen molar-refractivity contribution in [3.63, 3.8) is 0 Å². The molecule has 25 heavy (non-hydrogen) atoms. The van der Waals surface area contributed by atoms with Crippen molar-refractivity contribution in [2.75, 3.05) is 23.3 Å². The molecule has 0 spiro atoms. The van der Waals surface area contributed by atoms with Crippen molar-refractivity contribution in [3.05, 3.63) is 40.7 Å². The fourth-order valence-electron chi connectivity index (χ4n) is 2.76. The van der Waals surface area contributed by atoms with Crippen molar-refractivity contribution in [3.8, 4) is 0 Å². The first-order valence-corrected chi connectivity index (χ1v) is 8.87. The van der Waals surface area contributed by atoms with E-state index in [1.54, 1.807) is 24.0 Å². The molecule has 1 fully saturated rings. The van der Waals surface area contributed by atoms with E-state index < -0.39 is 0 Å². The SMILES string of the molecule is CCNc1nc(C)c(C(=O)N[C@@H]2CC(=O)N(c3ccc(F)cc3)C2)s1. The number of halogens is 1. The summed E-state index contributed by atoms with van der Waals surface area (Å²) in [5.74, 6) is -0.665. The summed E-state index contributed by atoms with van der Waals surface area (Å²) in [6, 6.07) is 5.48. The van der Waals surface area contributed by atoms with Gasteiger partial charge in [-0.05, 0) is 38.1 Å². The number of nitrogens with one attached hydrogen (secondary N) is 2. The maximum atomic E-state index is 13.0. The summed E-state index contributed by atoms with van der Waals surface area (Å²) in [5, 5.41) is 6.70. The van der Waals surface area contributed by atoms with Gasteiger partial charge in [-0.2, -0.15) is 0 Å². The average Bonchev–Trinajstić information content (AvgIpc) is 3.11. The highest BCUT2D eigenvalue weighted by Gasteiger charge is 2.32. The lowest BCUT2D eigenvalue weighted by Crippen LogP contribution is -2.37. The first-order chi connectivity index (χ1) is 12.0. The van der Waals surface area contributed by atoms with Gasteiger partial charge in [-0.3, -0.25) is 9.59 Å². The Kier molecular flexibility index (Phi) is 4.98. The van der Waals surface area contributed by atoms with Crippen molar-refractivity contribution >= 4 is 34.0 Å². The van der Waals surface area contributed by atoms with Crippen LogP contribution in [0.1, 0.15) is 28.7 Å². The topological polar surface area (TPSA) is 74.3 Å². The second-order valence-electron chi connectivity index (χ2n) is 5.82. The molecule has 2 heterocycles. The van der Waals surface area contributed by atoms with Gasteiger partial charge in [-0.1, -0.05) is 11.3 Å². The fraction of sp³-hybridized carbons (Fsp3) is 0.353. The normalized spacial score (nSPS) is 17.0. The lowest BCUT2D eigenvalue weighted by molar-refractivity contribution is -0.117. The quantitative estimate of drug-likeness (QED) is 0.857. The molecule has 0 radical (unpaired) electrons. The Hall–Kier alpha value is -2.48. The average molecular weight is 362 g/mol. The highest BCUT2D eigenvalue weighted by atomic mass is 32.1. The van der Waals surface area contributed by atoms with Crippen LogP contribution in [0.5, 0.6) is 0 Å². The largest absolute Gasteiger partial charge is 0.362 e. The molecule has 0 bridgehead atoms. The molecule has 0 saturated carbocycles. The number of thiazole rings is 1. The molecule has 1 saturated heterocycles. The summed E-state index contributed by atoms with van der Waals surface area (Å²) in [5.41, 5.74) is 1.30. The smallest absolute Gasteiger partial charge is 0.263 e. The van der Waals surface area contributed by atoms with E-state index in [4.69, 9.17) is 0 Å². The third-order valence-corrected chi connectivity index (χ3v) is 5.04. The molecule has 0 unspecified atom stereocenters. The van der Waals surface area contributed by atoms with Crippen LogP contribution in [0.3, 0.4) is 0 Å². The van der Waals surface area contributed by atoms with E-state index in [2.05, 4.69) is 15.6 Å². The summed E-state index contributed by atoms with van der Waals surface area (Å²) >= 11 is 1.30. The minimum atomic E-state index is -0.350. The van der Waals surface area contributed by atoms with Crippen LogP contribution in [0, 0.1) is 12.7 Å². The Morgan fingerprint density at radius 1 is 1.40 bits per heavy atom. The van der Waals surface area contributed by atoms with Gasteiger partial charge in [0.05, 0.1) is 11.7 Å². The number of nitrogens with zero attached hydrogens (tertiary/aromatic N) is 2. The van der Waals surface area contributed by atoms with Crippen LogP contribution in [-0.2, 0) is 4.79 Å². The maximum Gasteiger partial charge on any atom is 0.263 e. The van der Waals surface area contributed by atoms with E-state index >= 15 is 0 Å². The van der Waals surface area contributed by atoms with Crippen LogP contribution >= 0.6 is 11.3 Å². The van der Waals surface area contributed by atoms with E-state index in [-0.39, 0.29) is 30.1 Å². The van der Waals surface area contributed by atoms with Gasteiger partial charge in [0.2, 0.25) is 5.91 Å². The van der Waals surface area contributed by atoms with E-state index in [0.717, 1.165) is 6.54 Å². The first kappa shape index (κ1) is 17.3. The van der Waals surface area contributed by atoms with Crippen molar-refractivity contribution in [2.24, 2.45) is 0 Å². The standard InChI is InChI=1S/C17H19FN4O2S/c1-3-19-17-20-10(2)15(25-17)16(24)21-12-8-14(23)22(9-12)13-6-4-11(18)5-7-13/h4-7,12H,3,8-9H2,1-2H3,(H,19,20)(H,21,24)/t12-/m1/s1. The Morgan fingerprint density at radius 3 is 2.80 bits per heavy atom. The Morgan fingerprint density at radius 2 is 2.12 bits per heavy atom. The zero-order valence-corrected chi connectivity index (χ0v) is 14.8. The fourth-order valence-corrected chi connectivity index (χ4v) is 3.70. The molecule has 0 aliphatic carbocycles. The zero-order chi connectivity index (χ0) is 18.0. The molecule has 132 valence electrons. The van der Waals surface area contributed by atoms with E-state index in [9.17, 15) is 14.0 Å². The number of aromatic nitrogens is 1. The van der Waals surface area contributed by atoms with Crippen molar-refractivity contribution in [1.29, 1.82) is 0 Å². The molecule has 8 heteroatoms. The van der Waals surface area contributed by atoms with Crippen LogP contribution < -0.4 is 15.5 Å². The van der Waals surface area contributed by atoms with Gasteiger partial charge in [-0.25, -0.2) is 9.37 Å². The minimum absolute atomic E-state index is 0.0914. The number of carbonyl (C=O) groups excluding carboxylic acids is 2. The number of carbonyl (C=O) groups is 2. The molecule has 1 aromatic carbocycles. The first-order valence-electron chi connectivity index (χ1n) is 8.06. The summed E-state index contributed by atoms with van der Waals surface area (Å²) in [4.78, 5) is 31.1. The lowest BCUT2D eigenvalue weighted by atomic mass is 10.2. The summed E-state index contributed by atoms with van der Waals surface area (Å²) < 4.78 is 13.0. The van der Waals surface area contributed by atoms with Gasteiger partial charge in [0, 0.05) is 25.2 Å². The van der Waals surface area contributed by atoms with Crippen LogP contribution in [0.2, 0.25) is 0 Å². The highest BCUT2D eigenvalue weighted by molar-refractivity contribution is 7.17. The second kappa shape index (κ2) is 7.18. The van der Waals surface area contributed by atoms with Gasteiger partial charge < -0.3 is 15.5 Å². The van der Waals surface area contributed by atoms with Crippen LogP contribution in [0.25, 0.3) is 0 Å². The molecule has 6 nitrogen and oxygen atoms in total. The van der Waals surface area contributed by atoms with Gasteiger partial charge >= 0.3 is 0 Å². The number of hydrogen-bond donors (Lipinski definition) is 2. The number of rotatable bonds is 5. The van der Waals surface area contributed by atoms with Crippen LogP contribution in [-0.4, -0.2) is 35.9 Å². The monoisotopic (exact) mass is 362 g/mol. The number of amides is 2. The van der Waals surface area contributed by atoms with Gasteiger partial charge in [-0.15, -0.1) is 0 Å². The molecule has 1 atom stereocenters. The number of hydrogen-bond acceptors (Lipinski definition) is 5. The summed E-state index contributed by atoms with van der Waals surface area (Å²) in [6.07, 6.45) is 0.223. The molecular formula is C17H19FN4O2S. The van der Waals surface area contributed by atoms with Gasteiger partial charge in [0.1, 0.15) is 10.7 Å². The van der Waals surface area contributed by atoms with E-state index in [1.165, 1.54) is 23.5 Å². The lowest BCUT2D eigenvalue weighted by Gasteiger charge is -2.17. The minimum Gasteiger partial charge on any atom is -0.362 e. The summed E-state index contributed by atoms with van der Waals surface area (Å²) in [6.45, 7) is 4.85. The second-order valence-corrected chi connectivity index (χ2v) is 6.82. The van der Waals surface area contributed by atoms with Crippen LogP contribution in [0.15, 0.2) is 24.3 Å². The predicted molar refractivity (Wildman–Crippen MR) is 95.6 cm³/mol. The number of aryl methyl sites for hydroxylation is 1.